The van der Waals surface area contributed by atoms with Gasteiger partial charge < -0.3 is 20.1 Å². The zero-order valence-electron chi connectivity index (χ0n) is 14.8. The number of cyclic esters (lactones) is 1. The van der Waals surface area contributed by atoms with E-state index < -0.39 is 6.10 Å². The zero-order valence-corrected chi connectivity index (χ0v) is 14.8. The summed E-state index contributed by atoms with van der Waals surface area (Å²) in [5.41, 5.74) is -0.357. The van der Waals surface area contributed by atoms with Crippen molar-refractivity contribution in [3.05, 3.63) is 0 Å². The van der Waals surface area contributed by atoms with Crippen LogP contribution in [0.4, 0.5) is 0 Å². The monoisotopic (exact) mass is 352 g/mol. The van der Waals surface area contributed by atoms with Crippen LogP contribution in [0.2, 0.25) is 0 Å². The molecular formula is C18H28N2O5. The Morgan fingerprint density at radius 2 is 2.04 bits per heavy atom. The molecule has 0 aromatic carbocycles. The summed E-state index contributed by atoms with van der Waals surface area (Å²) in [5.74, 6) is 0.0326. The summed E-state index contributed by atoms with van der Waals surface area (Å²) in [5, 5.41) is 6.10. The quantitative estimate of drug-likeness (QED) is 0.633. The molecule has 7 heteroatoms. The summed E-state index contributed by atoms with van der Waals surface area (Å²) in [7, 11) is 1.68. The second kappa shape index (κ2) is 7.72. The smallest absolute Gasteiger partial charge is 0.306 e. The van der Waals surface area contributed by atoms with Crippen LogP contribution in [0.25, 0.3) is 0 Å². The predicted octanol–water partition coefficient (Wildman–Crippen LogP) is 0.910. The molecule has 1 aliphatic heterocycles. The Kier molecular flexibility index (Phi) is 5.61. The Morgan fingerprint density at radius 3 is 2.68 bits per heavy atom. The van der Waals surface area contributed by atoms with Crippen LogP contribution >= 0.6 is 0 Å². The van der Waals surface area contributed by atoms with Crippen LogP contribution in [0.1, 0.15) is 51.4 Å². The Hall–Kier alpha value is -1.63. The molecule has 7 nitrogen and oxygen atoms in total. The lowest BCUT2D eigenvalue weighted by Crippen LogP contribution is -2.55. The second-order valence-electron chi connectivity index (χ2n) is 7.60. The maximum absolute atomic E-state index is 12.5. The van der Waals surface area contributed by atoms with Gasteiger partial charge in [-0.3, -0.25) is 14.4 Å². The van der Waals surface area contributed by atoms with E-state index in [9.17, 15) is 14.4 Å². The molecule has 3 fully saturated rings. The van der Waals surface area contributed by atoms with Gasteiger partial charge in [0.05, 0.1) is 5.54 Å². The van der Waals surface area contributed by atoms with Crippen molar-refractivity contribution in [2.75, 3.05) is 20.3 Å². The molecule has 3 rings (SSSR count). The molecule has 2 N–H and O–H groups in total. The molecule has 0 radical (unpaired) electrons. The number of methoxy groups -OCH3 is 1. The Labute approximate surface area is 148 Å². The molecule has 140 valence electrons. The van der Waals surface area contributed by atoms with Gasteiger partial charge in [-0.05, 0) is 31.6 Å². The molecule has 1 unspecified atom stereocenters. The number of esters is 1. The summed E-state index contributed by atoms with van der Waals surface area (Å²) in [6.07, 6.45) is 5.75. The largest absolute Gasteiger partial charge is 0.452 e. The summed E-state index contributed by atoms with van der Waals surface area (Å²) >= 11 is 0. The van der Waals surface area contributed by atoms with E-state index in [4.69, 9.17) is 9.47 Å². The van der Waals surface area contributed by atoms with Crippen molar-refractivity contribution in [2.24, 2.45) is 11.8 Å². The fourth-order valence-electron chi connectivity index (χ4n) is 3.99. The van der Waals surface area contributed by atoms with Gasteiger partial charge >= 0.3 is 5.97 Å². The van der Waals surface area contributed by atoms with Gasteiger partial charge in [0, 0.05) is 39.0 Å². The standard InChI is InChI=1S/C18H28N2O5/c1-24-9-6-12-10-13(12)16(22)20-18(7-2-3-8-18)11-19-17(23)14-4-5-15(21)25-14/h12-14H,2-11H2,1H3,(H,19,23)(H,20,22)/t12-,13-,14?/m1/s1. The van der Waals surface area contributed by atoms with E-state index >= 15 is 0 Å². The van der Waals surface area contributed by atoms with Crippen molar-refractivity contribution >= 4 is 17.8 Å². The van der Waals surface area contributed by atoms with Crippen LogP contribution < -0.4 is 10.6 Å². The molecule has 25 heavy (non-hydrogen) atoms. The SMILES string of the molecule is COCC[C@@H]1C[C@H]1C(=O)NC1(CNC(=O)C2CCC(=O)O2)CCCC1. The third-order valence-corrected chi connectivity index (χ3v) is 5.68. The average molecular weight is 352 g/mol. The number of hydrogen-bond acceptors (Lipinski definition) is 5. The number of ether oxygens (including phenoxy) is 2. The van der Waals surface area contributed by atoms with E-state index in [-0.39, 0.29) is 29.2 Å². The van der Waals surface area contributed by atoms with Gasteiger partial charge in [0.1, 0.15) is 0 Å². The number of nitrogens with one attached hydrogen (secondary N) is 2. The van der Waals surface area contributed by atoms with Gasteiger partial charge in [-0.15, -0.1) is 0 Å². The Bertz CT molecular complexity index is 530. The first kappa shape index (κ1) is 18.2. The highest BCUT2D eigenvalue weighted by Crippen LogP contribution is 2.42. The van der Waals surface area contributed by atoms with Crippen LogP contribution in [0.5, 0.6) is 0 Å². The fourth-order valence-corrected chi connectivity index (χ4v) is 3.99. The third-order valence-electron chi connectivity index (χ3n) is 5.68. The first-order valence-electron chi connectivity index (χ1n) is 9.31. The summed E-state index contributed by atoms with van der Waals surface area (Å²) in [6.45, 7) is 1.09. The summed E-state index contributed by atoms with van der Waals surface area (Å²) in [6, 6.07) is 0. The highest BCUT2D eigenvalue weighted by Gasteiger charge is 2.46. The van der Waals surface area contributed by atoms with Crippen LogP contribution in [-0.2, 0) is 23.9 Å². The Morgan fingerprint density at radius 1 is 1.28 bits per heavy atom. The van der Waals surface area contributed by atoms with E-state index in [1.165, 1.54) is 0 Å². The number of carbonyl (C=O) groups is 3. The van der Waals surface area contributed by atoms with Crippen molar-refractivity contribution < 1.29 is 23.9 Å². The van der Waals surface area contributed by atoms with Gasteiger partial charge in [-0.1, -0.05) is 12.8 Å². The average Bonchev–Trinajstić information content (AvgIpc) is 3.00. The van der Waals surface area contributed by atoms with E-state index in [0.717, 1.165) is 38.5 Å². The molecule has 0 aromatic rings. The van der Waals surface area contributed by atoms with Gasteiger partial charge in [-0.25, -0.2) is 0 Å². The topological polar surface area (TPSA) is 93.7 Å². The third kappa shape index (κ3) is 4.51. The molecule has 1 saturated heterocycles. The molecule has 2 amide bonds. The van der Waals surface area contributed by atoms with Crippen molar-refractivity contribution in [1.29, 1.82) is 0 Å². The van der Waals surface area contributed by atoms with E-state index in [2.05, 4.69) is 10.6 Å². The lowest BCUT2D eigenvalue weighted by Gasteiger charge is -2.31. The van der Waals surface area contributed by atoms with Gasteiger partial charge in [0.15, 0.2) is 6.10 Å². The van der Waals surface area contributed by atoms with Crippen molar-refractivity contribution in [3.8, 4) is 0 Å². The maximum Gasteiger partial charge on any atom is 0.306 e. The minimum absolute atomic E-state index is 0.0825. The van der Waals surface area contributed by atoms with Crippen molar-refractivity contribution in [1.82, 2.24) is 10.6 Å². The minimum atomic E-state index is -0.677. The molecule has 2 aliphatic carbocycles. The van der Waals surface area contributed by atoms with Crippen molar-refractivity contribution in [2.45, 2.75) is 63.0 Å². The molecule has 0 aromatic heterocycles. The predicted molar refractivity (Wildman–Crippen MR) is 89.6 cm³/mol. The first-order chi connectivity index (χ1) is 12.0. The minimum Gasteiger partial charge on any atom is -0.452 e. The molecule has 3 atom stereocenters. The highest BCUT2D eigenvalue weighted by atomic mass is 16.6. The van der Waals surface area contributed by atoms with Crippen LogP contribution in [0.3, 0.4) is 0 Å². The summed E-state index contributed by atoms with van der Waals surface area (Å²) in [4.78, 5) is 35.9. The summed E-state index contributed by atoms with van der Waals surface area (Å²) < 4.78 is 10.1. The molecule has 1 heterocycles. The molecule has 2 saturated carbocycles. The van der Waals surface area contributed by atoms with E-state index in [1.807, 2.05) is 0 Å². The van der Waals surface area contributed by atoms with Gasteiger partial charge in [0.2, 0.25) is 5.91 Å². The maximum atomic E-state index is 12.5. The fraction of sp³-hybridized carbons (Fsp3) is 0.833. The van der Waals surface area contributed by atoms with Crippen LogP contribution in [-0.4, -0.2) is 49.7 Å². The first-order valence-corrected chi connectivity index (χ1v) is 9.31. The van der Waals surface area contributed by atoms with Crippen LogP contribution in [0, 0.1) is 11.8 Å². The lowest BCUT2D eigenvalue weighted by atomic mass is 9.96. The van der Waals surface area contributed by atoms with E-state index in [0.29, 0.717) is 31.9 Å². The lowest BCUT2D eigenvalue weighted by molar-refractivity contribution is -0.148. The highest BCUT2D eigenvalue weighted by molar-refractivity contribution is 5.86. The van der Waals surface area contributed by atoms with Gasteiger partial charge in [0.25, 0.3) is 5.91 Å². The van der Waals surface area contributed by atoms with Crippen LogP contribution in [0.15, 0.2) is 0 Å². The number of carbonyl (C=O) groups excluding carboxylic acids is 3. The van der Waals surface area contributed by atoms with Gasteiger partial charge in [-0.2, -0.15) is 0 Å². The number of rotatable bonds is 8. The number of hydrogen-bond donors (Lipinski definition) is 2. The normalized spacial score (nSPS) is 30.0. The Balaban J connectivity index is 1.49. The number of amides is 2. The van der Waals surface area contributed by atoms with E-state index in [1.54, 1.807) is 7.11 Å². The van der Waals surface area contributed by atoms with Crippen molar-refractivity contribution in [3.63, 3.8) is 0 Å². The molecule has 0 bridgehead atoms. The zero-order chi connectivity index (χ0) is 17.9. The second-order valence-corrected chi connectivity index (χ2v) is 7.60. The molecule has 3 aliphatic rings. The molecular weight excluding hydrogens is 324 g/mol. The molecule has 0 spiro atoms.